The molecule has 2 rings (SSSR count). The van der Waals surface area contributed by atoms with E-state index < -0.39 is 18.2 Å². The summed E-state index contributed by atoms with van der Waals surface area (Å²) in [4.78, 5) is 18.2. The van der Waals surface area contributed by atoms with Gasteiger partial charge in [-0.05, 0) is 32.9 Å². The summed E-state index contributed by atoms with van der Waals surface area (Å²) in [6.45, 7) is 7.98. The molecule has 0 aromatic carbocycles. The Hall–Kier alpha value is -1.87. The van der Waals surface area contributed by atoms with Crippen molar-refractivity contribution >= 4 is 5.91 Å². The molecule has 1 aliphatic heterocycles. The summed E-state index contributed by atoms with van der Waals surface area (Å²) in [5.41, 5.74) is -0.258. The number of amides is 1. The molecule has 1 aliphatic rings. The lowest BCUT2D eigenvalue weighted by molar-refractivity contribution is -0.190. The highest BCUT2D eigenvalue weighted by molar-refractivity contribution is 5.96. The van der Waals surface area contributed by atoms with Crippen LogP contribution in [0.25, 0.3) is 0 Å². The zero-order valence-corrected chi connectivity index (χ0v) is 15.1. The van der Waals surface area contributed by atoms with Gasteiger partial charge in [-0.2, -0.15) is 13.2 Å². The van der Waals surface area contributed by atoms with Crippen LogP contribution in [-0.4, -0.2) is 66.5 Å². The number of hydrogen-bond donors (Lipinski definition) is 1. The topological polar surface area (TPSA) is 63.7 Å². The van der Waals surface area contributed by atoms with E-state index in [9.17, 15) is 18.0 Å². The molecule has 1 N–H and O–H groups in total. The molecule has 146 valence electrons. The molecule has 1 amide bonds. The summed E-state index contributed by atoms with van der Waals surface area (Å²) < 4.78 is 48.5. The first-order valence-corrected chi connectivity index (χ1v) is 8.41. The number of aromatic nitrogens is 1. The predicted molar refractivity (Wildman–Crippen MR) is 89.2 cm³/mol. The normalized spacial score (nSPS) is 19.0. The van der Waals surface area contributed by atoms with Crippen molar-refractivity contribution in [1.82, 2.24) is 15.2 Å². The van der Waals surface area contributed by atoms with Gasteiger partial charge in [0.15, 0.2) is 6.10 Å². The Morgan fingerprint density at radius 3 is 2.88 bits per heavy atom. The summed E-state index contributed by atoms with van der Waals surface area (Å²) in [5, 5.41) is 2.70. The number of nitrogens with zero attached hydrogens (tertiary/aromatic N) is 2. The second-order valence-corrected chi connectivity index (χ2v) is 6.80. The fourth-order valence-corrected chi connectivity index (χ4v) is 2.62. The first kappa shape index (κ1) is 20.4. The van der Waals surface area contributed by atoms with E-state index in [0.29, 0.717) is 19.7 Å². The van der Waals surface area contributed by atoms with E-state index in [2.05, 4.69) is 15.2 Å². The Bertz CT molecular complexity index is 623. The molecule has 1 aromatic rings. The van der Waals surface area contributed by atoms with Gasteiger partial charge in [-0.3, -0.25) is 9.69 Å². The monoisotopic (exact) mass is 375 g/mol. The van der Waals surface area contributed by atoms with Gasteiger partial charge in [0.1, 0.15) is 5.56 Å². The van der Waals surface area contributed by atoms with Crippen LogP contribution in [0.1, 0.15) is 31.1 Å². The van der Waals surface area contributed by atoms with Gasteiger partial charge in [-0.15, -0.1) is 0 Å². The molecule has 0 spiro atoms. The Morgan fingerprint density at radius 2 is 2.23 bits per heavy atom. The quantitative estimate of drug-likeness (QED) is 0.826. The number of carbonyl (C=O) groups excluding carboxylic acids is 1. The van der Waals surface area contributed by atoms with Gasteiger partial charge in [0.25, 0.3) is 5.91 Å². The fraction of sp³-hybridized carbons (Fsp3) is 0.647. The van der Waals surface area contributed by atoms with E-state index in [4.69, 9.17) is 9.47 Å². The van der Waals surface area contributed by atoms with Crippen molar-refractivity contribution in [2.45, 2.75) is 38.7 Å². The molecular weight excluding hydrogens is 351 g/mol. The fourth-order valence-electron chi connectivity index (χ4n) is 2.62. The molecule has 1 fully saturated rings. The molecule has 1 aromatic heterocycles. The average molecular weight is 375 g/mol. The molecule has 0 radical (unpaired) electrons. The van der Waals surface area contributed by atoms with Crippen molar-refractivity contribution < 1.29 is 27.4 Å². The van der Waals surface area contributed by atoms with E-state index in [1.54, 1.807) is 0 Å². The van der Waals surface area contributed by atoms with E-state index in [-0.39, 0.29) is 17.0 Å². The van der Waals surface area contributed by atoms with Crippen LogP contribution < -0.4 is 10.1 Å². The molecule has 6 nitrogen and oxygen atoms in total. The molecule has 1 saturated heterocycles. The summed E-state index contributed by atoms with van der Waals surface area (Å²) in [5.74, 6) is -0.850. The Balaban J connectivity index is 1.91. The number of hydrogen-bond acceptors (Lipinski definition) is 5. The average Bonchev–Trinajstić information content (AvgIpc) is 2.53. The standard InChI is InChI=1S/C17H24F3N3O3/c1-12(17(18,19)20)26-15-13(5-4-6-22-15)14(24)21-7-8-23-9-10-25-16(2,3)11-23/h4-6,12H,7-11H2,1-3H3,(H,21,24)/t12-/m1/s1. The lowest BCUT2D eigenvalue weighted by Gasteiger charge is -2.38. The SMILES string of the molecule is C[C@@H](Oc1ncccc1C(=O)NCCN1CCOC(C)(C)C1)C(F)(F)F. The number of carbonyl (C=O) groups is 1. The second-order valence-electron chi connectivity index (χ2n) is 6.80. The Morgan fingerprint density at radius 1 is 1.50 bits per heavy atom. The summed E-state index contributed by atoms with van der Waals surface area (Å²) >= 11 is 0. The molecule has 0 unspecified atom stereocenters. The van der Waals surface area contributed by atoms with Crippen LogP contribution in [0.2, 0.25) is 0 Å². The zero-order valence-electron chi connectivity index (χ0n) is 15.1. The van der Waals surface area contributed by atoms with Gasteiger partial charge in [0.2, 0.25) is 5.88 Å². The van der Waals surface area contributed by atoms with E-state index in [0.717, 1.165) is 20.0 Å². The van der Waals surface area contributed by atoms with Gasteiger partial charge in [0.05, 0.1) is 12.2 Å². The lowest BCUT2D eigenvalue weighted by Crippen LogP contribution is -2.50. The summed E-state index contributed by atoms with van der Waals surface area (Å²) in [6, 6.07) is 2.86. The Labute approximate surface area is 150 Å². The first-order chi connectivity index (χ1) is 12.1. The van der Waals surface area contributed by atoms with Crippen molar-refractivity contribution in [3.8, 4) is 5.88 Å². The van der Waals surface area contributed by atoms with Crippen molar-refractivity contribution in [1.29, 1.82) is 0 Å². The van der Waals surface area contributed by atoms with Crippen molar-refractivity contribution in [2.75, 3.05) is 32.8 Å². The van der Waals surface area contributed by atoms with E-state index in [1.807, 2.05) is 13.8 Å². The van der Waals surface area contributed by atoms with Crippen LogP contribution in [0, 0.1) is 0 Å². The number of morpholine rings is 1. The minimum atomic E-state index is -4.53. The second kappa shape index (κ2) is 8.22. The minimum Gasteiger partial charge on any atom is -0.464 e. The summed E-state index contributed by atoms with van der Waals surface area (Å²) in [6.07, 6.45) is -5.31. The van der Waals surface area contributed by atoms with Gasteiger partial charge in [-0.25, -0.2) is 4.98 Å². The molecule has 0 aliphatic carbocycles. The van der Waals surface area contributed by atoms with E-state index in [1.165, 1.54) is 18.3 Å². The van der Waals surface area contributed by atoms with E-state index >= 15 is 0 Å². The zero-order chi connectivity index (χ0) is 19.4. The molecule has 26 heavy (non-hydrogen) atoms. The van der Waals surface area contributed by atoms with Crippen molar-refractivity contribution in [2.24, 2.45) is 0 Å². The molecule has 2 heterocycles. The van der Waals surface area contributed by atoms with Crippen LogP contribution >= 0.6 is 0 Å². The third-order valence-electron chi connectivity index (χ3n) is 3.98. The highest BCUT2D eigenvalue weighted by Gasteiger charge is 2.39. The molecular formula is C17H24F3N3O3. The molecule has 0 saturated carbocycles. The number of halogens is 3. The smallest absolute Gasteiger partial charge is 0.425 e. The third-order valence-corrected chi connectivity index (χ3v) is 3.98. The minimum absolute atomic E-state index is 0.0223. The van der Waals surface area contributed by atoms with Crippen molar-refractivity contribution in [3.05, 3.63) is 23.9 Å². The van der Waals surface area contributed by atoms with Crippen LogP contribution in [0.5, 0.6) is 5.88 Å². The van der Waals surface area contributed by atoms with Crippen LogP contribution in [0.15, 0.2) is 18.3 Å². The predicted octanol–water partition coefficient (Wildman–Crippen LogP) is 2.25. The highest BCUT2D eigenvalue weighted by Crippen LogP contribution is 2.25. The number of pyridine rings is 1. The maximum Gasteiger partial charge on any atom is 0.425 e. The maximum absolute atomic E-state index is 12.7. The summed E-state index contributed by atoms with van der Waals surface area (Å²) in [7, 11) is 0. The number of nitrogens with one attached hydrogen (secondary N) is 1. The van der Waals surface area contributed by atoms with Crippen LogP contribution in [0.3, 0.4) is 0 Å². The van der Waals surface area contributed by atoms with Gasteiger partial charge >= 0.3 is 6.18 Å². The van der Waals surface area contributed by atoms with Crippen LogP contribution in [-0.2, 0) is 4.74 Å². The maximum atomic E-state index is 12.7. The molecule has 0 bridgehead atoms. The lowest BCUT2D eigenvalue weighted by atomic mass is 10.1. The largest absolute Gasteiger partial charge is 0.464 e. The molecule has 9 heteroatoms. The molecule has 1 atom stereocenters. The number of alkyl halides is 3. The van der Waals surface area contributed by atoms with Crippen LogP contribution in [0.4, 0.5) is 13.2 Å². The number of rotatable bonds is 6. The van der Waals surface area contributed by atoms with Gasteiger partial charge in [-0.1, -0.05) is 0 Å². The first-order valence-electron chi connectivity index (χ1n) is 8.41. The highest BCUT2D eigenvalue weighted by atomic mass is 19.4. The van der Waals surface area contributed by atoms with Crippen molar-refractivity contribution in [3.63, 3.8) is 0 Å². The Kier molecular flexibility index (Phi) is 6.46. The van der Waals surface area contributed by atoms with Gasteiger partial charge < -0.3 is 14.8 Å². The number of ether oxygens (including phenoxy) is 2. The third kappa shape index (κ3) is 5.84. The van der Waals surface area contributed by atoms with Gasteiger partial charge in [0, 0.05) is 32.4 Å².